The van der Waals surface area contributed by atoms with Gasteiger partial charge in [0.1, 0.15) is 0 Å². The van der Waals surface area contributed by atoms with Crippen LogP contribution in [0.4, 0.5) is 0 Å². The van der Waals surface area contributed by atoms with Crippen LogP contribution >= 0.6 is 0 Å². The van der Waals surface area contributed by atoms with E-state index in [1.54, 1.807) is 0 Å². The monoisotopic (exact) mass is 131 g/mol. The molecule has 0 atom stereocenters. The smallest absolute Gasteiger partial charge is 0.00798 e. The Morgan fingerprint density at radius 1 is 1.40 bits per heavy atom. The normalized spacial score (nSPS) is 21.5. The second kappa shape index (κ2) is 3.60. The van der Waals surface area contributed by atoms with Gasteiger partial charge in [-0.3, -0.25) is 0 Å². The highest BCUT2D eigenvalue weighted by Gasteiger charge is 2.17. The summed E-state index contributed by atoms with van der Waals surface area (Å²) >= 11 is 0. The first-order chi connectivity index (χ1) is 4.84. The van der Waals surface area contributed by atoms with Crippen molar-refractivity contribution in [1.29, 1.82) is 0 Å². The lowest BCUT2D eigenvalue weighted by molar-refractivity contribution is 1.23. The van der Waals surface area contributed by atoms with E-state index < -0.39 is 0 Å². The Hall–Kier alpha value is -0.520. The molecule has 0 aromatic heterocycles. The summed E-state index contributed by atoms with van der Waals surface area (Å²) in [4.78, 5) is 0. The molecule has 0 amide bonds. The van der Waals surface area contributed by atoms with E-state index in [0.717, 1.165) is 0 Å². The van der Waals surface area contributed by atoms with E-state index in [1.807, 2.05) is 25.0 Å². The molecule has 10 heavy (non-hydrogen) atoms. The average Bonchev–Trinajstić information content (AvgIpc) is 2.38. The van der Waals surface area contributed by atoms with Crippen LogP contribution in [0.2, 0.25) is 0 Å². The lowest BCUT2D eigenvalue weighted by Crippen LogP contribution is -1.91. The van der Waals surface area contributed by atoms with Crippen molar-refractivity contribution in [1.82, 2.24) is 0 Å². The van der Waals surface area contributed by atoms with Crippen LogP contribution in [0.25, 0.3) is 0 Å². The predicted octanol–water partition coefficient (Wildman–Crippen LogP) is 2.52. The Balaban J connectivity index is 2.46. The van der Waals surface area contributed by atoms with Crippen LogP contribution < -0.4 is 0 Å². The number of allylic oxidation sites excluding steroid dienone is 3. The van der Waals surface area contributed by atoms with E-state index in [0.29, 0.717) is 0 Å². The Kier molecular flexibility index (Phi) is 2.73. The number of rotatable bonds is 2. The fraction of sp³-hybridized carbons (Fsp3) is 0.100. The molecule has 0 saturated heterocycles. The van der Waals surface area contributed by atoms with Gasteiger partial charge < -0.3 is 0 Å². The molecule has 1 fully saturated rings. The summed E-state index contributed by atoms with van der Waals surface area (Å²) in [5.41, 5.74) is 1.26. The molecule has 0 bridgehead atoms. The van der Waals surface area contributed by atoms with Gasteiger partial charge in [-0.15, -0.1) is 0 Å². The van der Waals surface area contributed by atoms with E-state index >= 15 is 0 Å². The van der Waals surface area contributed by atoms with Gasteiger partial charge in [0.2, 0.25) is 0 Å². The summed E-state index contributed by atoms with van der Waals surface area (Å²) in [7, 11) is 0. The van der Waals surface area contributed by atoms with Gasteiger partial charge in [0.05, 0.1) is 0 Å². The van der Waals surface area contributed by atoms with Crippen molar-refractivity contribution in [2.75, 3.05) is 0 Å². The fourth-order valence-electron chi connectivity index (χ4n) is 0.910. The van der Waals surface area contributed by atoms with Gasteiger partial charge in [-0.05, 0) is 32.6 Å². The minimum Gasteiger partial charge on any atom is -0.0991 e. The highest BCUT2D eigenvalue weighted by atomic mass is 14.2. The lowest BCUT2D eigenvalue weighted by atomic mass is 9.99. The Morgan fingerprint density at radius 3 is 2.50 bits per heavy atom. The summed E-state index contributed by atoms with van der Waals surface area (Å²) in [6, 6.07) is 0. The van der Waals surface area contributed by atoms with E-state index in [-0.39, 0.29) is 0 Å². The van der Waals surface area contributed by atoms with Gasteiger partial charge in [-0.1, -0.05) is 24.3 Å². The Bertz CT molecular complexity index is 136. The molecular formula is C10H11. The molecule has 1 aliphatic rings. The highest BCUT2D eigenvalue weighted by Crippen LogP contribution is 2.29. The van der Waals surface area contributed by atoms with Crippen molar-refractivity contribution < 1.29 is 0 Å². The molecule has 0 heteroatoms. The summed E-state index contributed by atoms with van der Waals surface area (Å²) in [5, 5.41) is 0. The van der Waals surface area contributed by atoms with Gasteiger partial charge in [0.15, 0.2) is 0 Å². The van der Waals surface area contributed by atoms with Crippen molar-refractivity contribution in [3.63, 3.8) is 0 Å². The number of hydrogen-bond donors (Lipinski definition) is 0. The zero-order valence-corrected chi connectivity index (χ0v) is 6.17. The van der Waals surface area contributed by atoms with Crippen LogP contribution in [0.15, 0.2) is 24.3 Å². The first kappa shape index (κ1) is 7.59. The topological polar surface area (TPSA) is 0 Å². The SMILES string of the molecule is C=C/C=C(\C)[C]1[CH][CH][CH][CH]1. The Labute approximate surface area is 63.6 Å². The highest BCUT2D eigenvalue weighted by molar-refractivity contribution is 5.47. The molecule has 0 nitrogen and oxygen atoms in total. The third kappa shape index (κ3) is 1.73. The molecule has 51 valence electrons. The van der Waals surface area contributed by atoms with E-state index in [2.05, 4.69) is 26.3 Å². The van der Waals surface area contributed by atoms with Gasteiger partial charge >= 0.3 is 0 Å². The van der Waals surface area contributed by atoms with Crippen molar-refractivity contribution in [3.8, 4) is 0 Å². The van der Waals surface area contributed by atoms with Crippen LogP contribution in [0.3, 0.4) is 0 Å². The van der Waals surface area contributed by atoms with Crippen molar-refractivity contribution in [2.45, 2.75) is 6.92 Å². The first-order valence-electron chi connectivity index (χ1n) is 3.36. The lowest BCUT2D eigenvalue weighted by Gasteiger charge is -2.05. The first-order valence-corrected chi connectivity index (χ1v) is 3.36. The summed E-state index contributed by atoms with van der Waals surface area (Å²) < 4.78 is 0. The maximum absolute atomic E-state index is 3.63. The standard InChI is InChI=1S/C10H11/c1-3-6-9(2)10-7-4-5-8-10/h3-8H,1H2,2H3/b9-6+. The summed E-state index contributed by atoms with van der Waals surface area (Å²) in [5.74, 6) is 1.28. The Morgan fingerprint density at radius 2 is 2.00 bits per heavy atom. The largest absolute Gasteiger partial charge is 0.0991 e. The zero-order chi connectivity index (χ0) is 7.40. The fourth-order valence-corrected chi connectivity index (χ4v) is 0.910. The van der Waals surface area contributed by atoms with E-state index in [9.17, 15) is 0 Å². The molecule has 0 spiro atoms. The molecule has 1 saturated carbocycles. The minimum atomic E-state index is 1.26. The molecule has 5 radical (unpaired) electrons. The second-order valence-corrected chi connectivity index (χ2v) is 2.26. The van der Waals surface area contributed by atoms with E-state index in [4.69, 9.17) is 0 Å². The molecule has 0 N–H and O–H groups in total. The maximum atomic E-state index is 3.63. The van der Waals surface area contributed by atoms with Crippen molar-refractivity contribution >= 4 is 0 Å². The van der Waals surface area contributed by atoms with Crippen LogP contribution in [-0.4, -0.2) is 0 Å². The van der Waals surface area contributed by atoms with Crippen molar-refractivity contribution in [3.05, 3.63) is 55.9 Å². The summed E-state index contributed by atoms with van der Waals surface area (Å²) in [6.07, 6.45) is 12.1. The molecule has 0 aromatic rings. The van der Waals surface area contributed by atoms with Gasteiger partial charge in [-0.2, -0.15) is 0 Å². The maximum Gasteiger partial charge on any atom is 0.00798 e. The molecule has 1 rings (SSSR count). The van der Waals surface area contributed by atoms with Gasteiger partial charge in [-0.25, -0.2) is 0 Å². The van der Waals surface area contributed by atoms with Crippen LogP contribution in [-0.2, 0) is 0 Å². The summed E-state index contributed by atoms with van der Waals surface area (Å²) in [6.45, 7) is 5.71. The molecule has 0 aromatic carbocycles. The second-order valence-electron chi connectivity index (χ2n) is 2.26. The molecule has 0 aliphatic heterocycles. The van der Waals surface area contributed by atoms with Gasteiger partial charge in [0, 0.05) is 5.92 Å². The molecule has 0 heterocycles. The van der Waals surface area contributed by atoms with Crippen LogP contribution in [0, 0.1) is 31.6 Å². The van der Waals surface area contributed by atoms with E-state index in [1.165, 1.54) is 11.5 Å². The zero-order valence-electron chi connectivity index (χ0n) is 6.17. The molecular weight excluding hydrogens is 120 g/mol. The minimum absolute atomic E-state index is 1.26. The third-order valence-electron chi connectivity index (χ3n) is 1.49. The quantitative estimate of drug-likeness (QED) is 0.505. The molecule has 0 unspecified atom stereocenters. The predicted molar refractivity (Wildman–Crippen MR) is 44.4 cm³/mol. The van der Waals surface area contributed by atoms with Crippen LogP contribution in [0.5, 0.6) is 0 Å². The average molecular weight is 131 g/mol. The van der Waals surface area contributed by atoms with Crippen molar-refractivity contribution in [2.24, 2.45) is 0 Å². The van der Waals surface area contributed by atoms with Gasteiger partial charge in [0.25, 0.3) is 0 Å². The third-order valence-corrected chi connectivity index (χ3v) is 1.49. The molecule has 1 aliphatic carbocycles. The van der Waals surface area contributed by atoms with Crippen LogP contribution in [0.1, 0.15) is 6.92 Å². The number of hydrogen-bond acceptors (Lipinski definition) is 0.